The van der Waals surface area contributed by atoms with Gasteiger partial charge in [-0.05, 0) is 54.4 Å². The van der Waals surface area contributed by atoms with Crippen molar-refractivity contribution < 1.29 is 14.3 Å². The van der Waals surface area contributed by atoms with Gasteiger partial charge in [-0.1, -0.05) is 6.07 Å². The highest BCUT2D eigenvalue weighted by Gasteiger charge is 2.17. The van der Waals surface area contributed by atoms with Crippen LogP contribution in [0.1, 0.15) is 25.6 Å². The number of aromatic nitrogens is 1. The molecule has 0 saturated carbocycles. The zero-order valence-corrected chi connectivity index (χ0v) is 15.5. The first-order valence-corrected chi connectivity index (χ1v) is 8.80. The second-order valence-electron chi connectivity index (χ2n) is 5.75. The van der Waals surface area contributed by atoms with Gasteiger partial charge in [-0.3, -0.25) is 9.78 Å². The first-order valence-electron chi connectivity index (χ1n) is 7.98. The first-order chi connectivity index (χ1) is 12.5. The molecule has 0 bridgehead atoms. The Balaban J connectivity index is 1.91. The zero-order valence-electron chi connectivity index (χ0n) is 14.7. The maximum Gasteiger partial charge on any atom is 0.337 e. The third kappa shape index (κ3) is 3.50. The van der Waals surface area contributed by atoms with Crippen molar-refractivity contribution in [2.24, 2.45) is 0 Å². The molecule has 0 fully saturated rings. The van der Waals surface area contributed by atoms with E-state index < -0.39 is 0 Å². The monoisotopic (exact) mass is 366 g/mol. The number of aryl methyl sites for hydroxylation is 1. The highest BCUT2D eigenvalue weighted by molar-refractivity contribution is 7.17. The van der Waals surface area contributed by atoms with E-state index in [0.717, 1.165) is 21.7 Å². The average Bonchev–Trinajstić information content (AvgIpc) is 3.17. The van der Waals surface area contributed by atoms with E-state index in [4.69, 9.17) is 4.74 Å². The van der Waals surface area contributed by atoms with Crippen LogP contribution in [-0.2, 0) is 4.74 Å². The summed E-state index contributed by atoms with van der Waals surface area (Å²) in [7, 11) is 3.10. The number of rotatable bonds is 4. The number of thiophene rings is 1. The van der Waals surface area contributed by atoms with Gasteiger partial charge in [-0.25, -0.2) is 4.79 Å². The molecule has 0 aliphatic heterocycles. The second-order valence-corrected chi connectivity index (χ2v) is 6.84. The Bertz CT molecular complexity index is 951. The summed E-state index contributed by atoms with van der Waals surface area (Å²) in [6.07, 6.45) is 3.31. The Hall–Kier alpha value is -2.99. The molecule has 0 N–H and O–H groups in total. The molecular weight excluding hydrogens is 348 g/mol. The summed E-state index contributed by atoms with van der Waals surface area (Å²) in [5, 5.41) is 0. The molecule has 0 unspecified atom stereocenters. The van der Waals surface area contributed by atoms with Gasteiger partial charge in [0.15, 0.2) is 0 Å². The Labute approximate surface area is 155 Å². The summed E-state index contributed by atoms with van der Waals surface area (Å²) in [5.74, 6) is -0.467. The number of hydrogen-bond acceptors (Lipinski definition) is 5. The van der Waals surface area contributed by atoms with Crippen LogP contribution in [0.25, 0.3) is 10.4 Å². The van der Waals surface area contributed by atoms with Gasteiger partial charge in [0.2, 0.25) is 0 Å². The average molecular weight is 366 g/mol. The third-order valence-corrected chi connectivity index (χ3v) is 5.20. The number of pyridine rings is 1. The van der Waals surface area contributed by atoms with Gasteiger partial charge in [0, 0.05) is 30.0 Å². The number of methoxy groups -OCH3 is 1. The molecule has 5 nitrogen and oxygen atoms in total. The van der Waals surface area contributed by atoms with Crippen molar-refractivity contribution in [2.45, 2.75) is 6.92 Å². The maximum atomic E-state index is 12.7. The van der Waals surface area contributed by atoms with Crippen LogP contribution in [0.3, 0.4) is 0 Å². The van der Waals surface area contributed by atoms with Crippen molar-refractivity contribution in [2.75, 3.05) is 19.1 Å². The van der Waals surface area contributed by atoms with Crippen LogP contribution in [0.4, 0.5) is 5.69 Å². The molecule has 0 saturated heterocycles. The van der Waals surface area contributed by atoms with E-state index in [1.807, 2.05) is 25.1 Å². The molecule has 0 aliphatic carbocycles. The molecule has 26 heavy (non-hydrogen) atoms. The third-order valence-electron chi connectivity index (χ3n) is 4.10. The Morgan fingerprint density at radius 1 is 1.08 bits per heavy atom. The van der Waals surface area contributed by atoms with Gasteiger partial charge in [-0.15, -0.1) is 11.3 Å². The topological polar surface area (TPSA) is 59.5 Å². The van der Waals surface area contributed by atoms with Gasteiger partial charge in [0.25, 0.3) is 5.91 Å². The second kappa shape index (κ2) is 7.49. The van der Waals surface area contributed by atoms with Crippen molar-refractivity contribution in [1.29, 1.82) is 0 Å². The molecule has 0 aliphatic rings. The van der Waals surface area contributed by atoms with Crippen LogP contribution in [0.5, 0.6) is 0 Å². The molecule has 0 radical (unpaired) electrons. The number of ether oxygens (including phenoxy) is 1. The summed E-state index contributed by atoms with van der Waals surface area (Å²) in [6.45, 7) is 1.97. The summed E-state index contributed by atoms with van der Waals surface area (Å²) in [4.78, 5) is 31.6. The minimum Gasteiger partial charge on any atom is -0.465 e. The summed E-state index contributed by atoms with van der Waals surface area (Å²) < 4.78 is 4.79. The van der Waals surface area contributed by atoms with Crippen molar-refractivity contribution in [3.8, 4) is 10.4 Å². The molecule has 3 rings (SSSR count). The highest BCUT2D eigenvalue weighted by atomic mass is 32.1. The lowest BCUT2D eigenvalue weighted by atomic mass is 10.0. The van der Waals surface area contributed by atoms with Gasteiger partial charge >= 0.3 is 5.97 Å². The Morgan fingerprint density at radius 3 is 2.50 bits per heavy atom. The molecule has 2 aromatic heterocycles. The number of esters is 1. The van der Waals surface area contributed by atoms with Gasteiger partial charge < -0.3 is 9.64 Å². The summed E-state index contributed by atoms with van der Waals surface area (Å²) in [5.41, 5.74) is 3.22. The van der Waals surface area contributed by atoms with E-state index in [0.29, 0.717) is 10.4 Å². The largest absolute Gasteiger partial charge is 0.465 e. The molecule has 0 atom stereocenters. The molecule has 0 spiro atoms. The van der Waals surface area contributed by atoms with Gasteiger partial charge in [0.05, 0.1) is 17.6 Å². The van der Waals surface area contributed by atoms with Crippen LogP contribution in [0, 0.1) is 6.92 Å². The lowest BCUT2D eigenvalue weighted by molar-refractivity contribution is 0.0600. The number of amides is 1. The molecule has 1 amide bonds. The van der Waals surface area contributed by atoms with Crippen LogP contribution in [0.2, 0.25) is 0 Å². The van der Waals surface area contributed by atoms with Crippen LogP contribution in [-0.4, -0.2) is 31.0 Å². The summed E-state index contributed by atoms with van der Waals surface area (Å²) >= 11 is 1.40. The number of carbonyl (C=O) groups excluding carboxylic acids is 2. The molecule has 1 aromatic carbocycles. The fourth-order valence-corrected chi connectivity index (χ4v) is 3.64. The molecule has 132 valence electrons. The Morgan fingerprint density at radius 2 is 1.81 bits per heavy atom. The fourth-order valence-electron chi connectivity index (χ4n) is 2.58. The number of anilines is 1. The van der Waals surface area contributed by atoms with E-state index in [1.165, 1.54) is 18.4 Å². The van der Waals surface area contributed by atoms with Gasteiger partial charge in [-0.2, -0.15) is 0 Å². The molecule has 6 heteroatoms. The van der Waals surface area contributed by atoms with Crippen LogP contribution in [0.15, 0.2) is 54.9 Å². The van der Waals surface area contributed by atoms with Crippen molar-refractivity contribution in [3.05, 3.63) is 70.9 Å². The predicted octanol–water partition coefficient (Wildman–Crippen LogP) is 4.18. The first kappa shape index (κ1) is 17.8. The molecule has 2 heterocycles. The quantitative estimate of drug-likeness (QED) is 0.650. The Kier molecular flexibility index (Phi) is 5.14. The predicted molar refractivity (Wildman–Crippen MR) is 103 cm³/mol. The standard InChI is InChI=1S/C20H18N2O3S/c1-13-4-5-14(20(24)25-3)12-16(13)17-6-7-18(26-17)19(23)22(2)15-8-10-21-11-9-15/h4-12H,1-3H3. The summed E-state index contributed by atoms with van der Waals surface area (Å²) in [6, 6.07) is 12.7. The minimum atomic E-state index is -0.378. The van der Waals surface area contributed by atoms with Crippen molar-refractivity contribution in [1.82, 2.24) is 4.98 Å². The number of benzene rings is 1. The lowest BCUT2D eigenvalue weighted by Gasteiger charge is -2.15. The van der Waals surface area contributed by atoms with E-state index in [9.17, 15) is 9.59 Å². The smallest absolute Gasteiger partial charge is 0.337 e. The maximum absolute atomic E-state index is 12.7. The molecule has 3 aromatic rings. The van der Waals surface area contributed by atoms with Crippen LogP contribution >= 0.6 is 11.3 Å². The van der Waals surface area contributed by atoms with Gasteiger partial charge in [0.1, 0.15) is 0 Å². The van der Waals surface area contributed by atoms with E-state index in [-0.39, 0.29) is 11.9 Å². The van der Waals surface area contributed by atoms with E-state index in [1.54, 1.807) is 48.6 Å². The minimum absolute atomic E-state index is 0.0887. The highest BCUT2D eigenvalue weighted by Crippen LogP contribution is 2.32. The van der Waals surface area contributed by atoms with Crippen LogP contribution < -0.4 is 4.90 Å². The fraction of sp³-hybridized carbons (Fsp3) is 0.150. The normalized spacial score (nSPS) is 10.4. The van der Waals surface area contributed by atoms with E-state index >= 15 is 0 Å². The van der Waals surface area contributed by atoms with Crippen molar-refractivity contribution >= 4 is 28.9 Å². The molecular formula is C20H18N2O3S. The van der Waals surface area contributed by atoms with Crippen molar-refractivity contribution in [3.63, 3.8) is 0 Å². The number of hydrogen-bond donors (Lipinski definition) is 0. The van der Waals surface area contributed by atoms with E-state index in [2.05, 4.69) is 4.98 Å². The lowest BCUT2D eigenvalue weighted by Crippen LogP contribution is -2.25. The SMILES string of the molecule is COC(=O)c1ccc(C)c(-c2ccc(C(=O)N(C)c3ccncc3)s2)c1. The zero-order chi connectivity index (χ0) is 18.7. The number of nitrogens with zero attached hydrogens (tertiary/aromatic N) is 2. The number of carbonyl (C=O) groups is 2.